The Balaban J connectivity index is 2.03. The molecule has 0 fully saturated rings. The number of nitrogens with zero attached hydrogens (tertiary/aromatic N) is 1. The van der Waals surface area contributed by atoms with E-state index in [0.717, 1.165) is 11.1 Å². The Bertz CT molecular complexity index is 1140. The summed E-state index contributed by atoms with van der Waals surface area (Å²) in [4.78, 5) is 36.2. The van der Waals surface area contributed by atoms with Crippen LogP contribution in [0, 0.1) is 17.0 Å². The van der Waals surface area contributed by atoms with Crippen molar-refractivity contribution in [3.8, 4) is 11.5 Å². The molecular weight excluding hydrogens is 442 g/mol. The van der Waals surface area contributed by atoms with Crippen molar-refractivity contribution >= 4 is 17.7 Å². The van der Waals surface area contributed by atoms with E-state index in [1.165, 1.54) is 19.2 Å². The second kappa shape index (κ2) is 10.7. The Hall–Kier alpha value is -4.08. The maximum Gasteiger partial charge on any atom is 0.338 e. The van der Waals surface area contributed by atoms with Crippen molar-refractivity contribution in [3.63, 3.8) is 0 Å². The number of nitro groups is 1. The van der Waals surface area contributed by atoms with Crippen LogP contribution >= 0.6 is 0 Å². The van der Waals surface area contributed by atoms with Gasteiger partial charge in [0, 0.05) is 11.8 Å². The molecule has 10 nitrogen and oxygen atoms in total. The maximum absolute atomic E-state index is 12.7. The minimum Gasteiger partial charge on any atom is -0.493 e. The number of carbonyl (C=O) groups excluding carboxylic acids is 2. The smallest absolute Gasteiger partial charge is 0.338 e. The second-order valence-electron chi connectivity index (χ2n) is 7.81. The van der Waals surface area contributed by atoms with Crippen molar-refractivity contribution in [1.29, 1.82) is 0 Å². The zero-order valence-corrected chi connectivity index (χ0v) is 19.5. The lowest BCUT2D eigenvalue weighted by Crippen LogP contribution is -2.45. The summed E-state index contributed by atoms with van der Waals surface area (Å²) < 4.78 is 16.5. The molecular formula is C24H27N3O7. The van der Waals surface area contributed by atoms with E-state index in [1.807, 2.05) is 38.1 Å². The predicted octanol–water partition coefficient (Wildman–Crippen LogP) is 4.07. The van der Waals surface area contributed by atoms with Gasteiger partial charge in [-0.15, -0.1) is 0 Å². The number of carbonyl (C=O) groups is 2. The Morgan fingerprint density at radius 3 is 2.62 bits per heavy atom. The number of benzene rings is 2. The molecule has 0 radical (unpaired) electrons. The van der Waals surface area contributed by atoms with Gasteiger partial charge in [-0.2, -0.15) is 0 Å². The van der Waals surface area contributed by atoms with Crippen molar-refractivity contribution in [3.05, 3.63) is 74.5 Å². The molecule has 0 saturated heterocycles. The number of ether oxygens (including phenoxy) is 3. The first-order valence-electron chi connectivity index (χ1n) is 10.7. The number of methoxy groups -OCH3 is 1. The highest BCUT2D eigenvalue weighted by molar-refractivity contribution is 5.95. The van der Waals surface area contributed by atoms with Crippen LogP contribution in [0.4, 0.5) is 10.5 Å². The zero-order chi connectivity index (χ0) is 24.8. The largest absolute Gasteiger partial charge is 0.493 e. The summed E-state index contributed by atoms with van der Waals surface area (Å²) in [7, 11) is 1.36. The van der Waals surface area contributed by atoms with Crippen LogP contribution in [0.1, 0.15) is 43.0 Å². The van der Waals surface area contributed by atoms with Crippen molar-refractivity contribution in [2.24, 2.45) is 0 Å². The number of hydrogen-bond donors (Lipinski definition) is 2. The van der Waals surface area contributed by atoms with Crippen molar-refractivity contribution in [2.75, 3.05) is 13.7 Å². The van der Waals surface area contributed by atoms with Gasteiger partial charge in [-0.3, -0.25) is 10.1 Å². The number of nitro benzene ring substituents is 1. The maximum atomic E-state index is 12.7. The summed E-state index contributed by atoms with van der Waals surface area (Å²) in [6.45, 7) is 5.66. The molecule has 180 valence electrons. The molecule has 0 spiro atoms. The van der Waals surface area contributed by atoms with Crippen LogP contribution in [-0.2, 0) is 16.1 Å². The van der Waals surface area contributed by atoms with E-state index in [4.69, 9.17) is 14.2 Å². The van der Waals surface area contributed by atoms with E-state index in [-0.39, 0.29) is 41.5 Å². The number of rotatable bonds is 9. The van der Waals surface area contributed by atoms with Crippen molar-refractivity contribution in [1.82, 2.24) is 10.6 Å². The van der Waals surface area contributed by atoms with Gasteiger partial charge in [0.2, 0.25) is 5.75 Å². The Morgan fingerprint density at radius 2 is 1.97 bits per heavy atom. The lowest BCUT2D eigenvalue weighted by Gasteiger charge is -2.28. The number of allylic oxidation sites excluding steroid dienone is 1. The van der Waals surface area contributed by atoms with Crippen LogP contribution in [0.2, 0.25) is 0 Å². The van der Waals surface area contributed by atoms with Crippen molar-refractivity contribution in [2.45, 2.75) is 39.8 Å². The van der Waals surface area contributed by atoms with Crippen LogP contribution < -0.4 is 20.1 Å². The summed E-state index contributed by atoms with van der Waals surface area (Å²) in [6.07, 6.45) is 0.620. The van der Waals surface area contributed by atoms with Crippen LogP contribution in [0.15, 0.2) is 47.7 Å². The highest BCUT2D eigenvalue weighted by Gasteiger charge is 2.35. The molecule has 0 aromatic heterocycles. The van der Waals surface area contributed by atoms with Gasteiger partial charge in [-0.25, -0.2) is 9.59 Å². The lowest BCUT2D eigenvalue weighted by atomic mass is 9.94. The fourth-order valence-electron chi connectivity index (χ4n) is 3.65. The molecule has 1 aliphatic heterocycles. The molecule has 0 aliphatic carbocycles. The minimum absolute atomic E-state index is 0.0474. The Kier molecular flexibility index (Phi) is 7.72. The van der Waals surface area contributed by atoms with Gasteiger partial charge in [0.05, 0.1) is 30.3 Å². The molecule has 2 aromatic rings. The molecule has 1 heterocycles. The van der Waals surface area contributed by atoms with Gasteiger partial charge < -0.3 is 24.8 Å². The van der Waals surface area contributed by atoms with E-state index in [1.54, 1.807) is 6.92 Å². The van der Waals surface area contributed by atoms with E-state index < -0.39 is 23.0 Å². The van der Waals surface area contributed by atoms with E-state index in [2.05, 4.69) is 10.6 Å². The first-order valence-corrected chi connectivity index (χ1v) is 10.7. The molecule has 1 atom stereocenters. The summed E-state index contributed by atoms with van der Waals surface area (Å²) in [6, 6.07) is 8.83. The van der Waals surface area contributed by atoms with Gasteiger partial charge >= 0.3 is 17.7 Å². The molecule has 3 rings (SSSR count). The molecule has 2 N–H and O–H groups in total. The number of amides is 2. The summed E-state index contributed by atoms with van der Waals surface area (Å²) >= 11 is 0. The fraction of sp³-hybridized carbons (Fsp3) is 0.333. The van der Waals surface area contributed by atoms with E-state index >= 15 is 0 Å². The molecule has 1 unspecified atom stereocenters. The summed E-state index contributed by atoms with van der Waals surface area (Å²) in [5.41, 5.74) is 2.25. The van der Waals surface area contributed by atoms with Gasteiger partial charge in [0.15, 0.2) is 5.75 Å². The zero-order valence-electron chi connectivity index (χ0n) is 19.5. The normalized spacial score (nSPS) is 15.3. The van der Waals surface area contributed by atoms with Crippen LogP contribution in [0.3, 0.4) is 0 Å². The Labute approximate surface area is 197 Å². The monoisotopic (exact) mass is 469 g/mol. The number of hydrogen-bond acceptors (Lipinski definition) is 7. The molecule has 0 saturated carbocycles. The van der Waals surface area contributed by atoms with Gasteiger partial charge in [0.1, 0.15) is 6.61 Å². The molecule has 0 bridgehead atoms. The van der Waals surface area contributed by atoms with E-state index in [9.17, 15) is 19.7 Å². The number of esters is 1. The molecule has 2 aromatic carbocycles. The number of urea groups is 1. The van der Waals surface area contributed by atoms with Gasteiger partial charge in [-0.05, 0) is 37.5 Å². The predicted molar refractivity (Wildman–Crippen MR) is 124 cm³/mol. The molecule has 2 amide bonds. The van der Waals surface area contributed by atoms with E-state index in [0.29, 0.717) is 12.1 Å². The van der Waals surface area contributed by atoms with Crippen molar-refractivity contribution < 1.29 is 28.7 Å². The Morgan fingerprint density at radius 1 is 1.21 bits per heavy atom. The average Bonchev–Trinajstić information content (AvgIpc) is 2.80. The third kappa shape index (κ3) is 5.45. The highest BCUT2D eigenvalue weighted by Crippen LogP contribution is 2.42. The SMILES string of the molecule is CCCOC(=O)C1=C(C)NC(=O)NC1c1cc(OC)c(OCc2cccc(C)c2)c([N+](=O)[O-])c1. The molecule has 1 aliphatic rings. The lowest BCUT2D eigenvalue weighted by molar-refractivity contribution is -0.386. The highest BCUT2D eigenvalue weighted by atomic mass is 16.6. The average molecular weight is 469 g/mol. The fourth-order valence-corrected chi connectivity index (χ4v) is 3.65. The summed E-state index contributed by atoms with van der Waals surface area (Å²) in [5, 5.41) is 17.1. The van der Waals surface area contributed by atoms with Crippen LogP contribution in [0.5, 0.6) is 11.5 Å². The molecule has 10 heteroatoms. The molecule has 34 heavy (non-hydrogen) atoms. The topological polar surface area (TPSA) is 129 Å². The third-order valence-corrected chi connectivity index (χ3v) is 5.20. The second-order valence-corrected chi connectivity index (χ2v) is 7.81. The quantitative estimate of drug-likeness (QED) is 0.322. The van der Waals surface area contributed by atoms with Crippen LogP contribution in [-0.4, -0.2) is 30.6 Å². The third-order valence-electron chi connectivity index (χ3n) is 5.20. The number of nitrogens with one attached hydrogen (secondary N) is 2. The van der Waals surface area contributed by atoms with Gasteiger partial charge in [0.25, 0.3) is 0 Å². The minimum atomic E-state index is -0.975. The first-order chi connectivity index (χ1) is 16.2. The number of aryl methyl sites for hydroxylation is 1. The van der Waals surface area contributed by atoms with Crippen LogP contribution in [0.25, 0.3) is 0 Å². The summed E-state index contributed by atoms with van der Waals surface area (Å²) in [5.74, 6) is -0.573. The van der Waals surface area contributed by atoms with Gasteiger partial charge in [-0.1, -0.05) is 36.8 Å². The standard InChI is InChI=1S/C24H27N3O7/c1-5-9-33-23(28)20-15(3)25-24(29)26-21(20)17-11-18(27(30)31)22(19(12-17)32-4)34-13-16-8-6-7-14(2)10-16/h6-8,10-12,21H,5,9,13H2,1-4H3,(H2,25,26,29). The first kappa shape index (κ1) is 24.6.